The van der Waals surface area contributed by atoms with Crippen molar-refractivity contribution in [3.8, 4) is 0 Å². The van der Waals surface area contributed by atoms with Gasteiger partial charge in [0.1, 0.15) is 0 Å². The Morgan fingerprint density at radius 3 is 1.06 bits per heavy atom. The molecule has 0 aromatic heterocycles. The Morgan fingerprint density at radius 2 is 1.06 bits per heavy atom. The Hall–Kier alpha value is 0.479. The van der Waals surface area contributed by atoms with E-state index in [1.807, 2.05) is 26.0 Å². The standard InChI is InChI=1S/C6H7.C5H5.C3H9N.Fe/c1-6-4-2-3-5-6;1-2-4-5-3-1;1-4(2)3;/h2-5H,1H3;1-5H;1-3H3;. The van der Waals surface area contributed by atoms with E-state index in [1.165, 1.54) is 13.9 Å². The average molecular weight is 259 g/mol. The molecule has 0 radical (unpaired) electrons. The molecule has 10 aliphatic rings. The van der Waals surface area contributed by atoms with Crippen molar-refractivity contribution in [2.75, 3.05) is 21.1 Å². The third kappa shape index (κ3) is 0.0577. The molecule has 0 aromatic carbocycles. The van der Waals surface area contributed by atoms with Crippen LogP contribution in [-0.2, 0) is 6.51 Å². The van der Waals surface area contributed by atoms with Gasteiger partial charge in [-0.1, -0.05) is 0 Å². The summed E-state index contributed by atoms with van der Waals surface area (Å²) in [5, 5.41) is 0. The molecule has 10 saturated heterocycles. The second-order valence-electron chi connectivity index (χ2n) is 11.4. The van der Waals surface area contributed by atoms with E-state index in [1.54, 1.807) is 33.7 Å². The van der Waals surface area contributed by atoms with Crippen LogP contribution in [-0.4, -0.2) is 26.0 Å². The maximum atomic E-state index is 2.82. The van der Waals surface area contributed by atoms with Gasteiger partial charge in [0.15, 0.2) is 0 Å². The van der Waals surface area contributed by atoms with E-state index in [9.17, 15) is 0 Å². The summed E-state index contributed by atoms with van der Waals surface area (Å²) >= 11 is 0. The predicted molar refractivity (Wildman–Crippen MR) is 61.7 cm³/mol. The first-order valence-corrected chi connectivity index (χ1v) is 13.4. The van der Waals surface area contributed by atoms with Crippen molar-refractivity contribution in [1.29, 1.82) is 0 Å². The van der Waals surface area contributed by atoms with Crippen molar-refractivity contribution in [1.82, 2.24) is 4.90 Å². The predicted octanol–water partition coefficient (Wildman–Crippen LogP) is 3.94. The monoisotopic (exact) mass is 259 g/mol. The molecule has 10 fully saturated rings. The zero-order valence-electron chi connectivity index (χ0n) is 10.5. The van der Waals surface area contributed by atoms with E-state index in [-0.39, 0.29) is 0 Å². The van der Waals surface area contributed by atoms with Gasteiger partial charge in [-0.05, 0) is 21.1 Å². The van der Waals surface area contributed by atoms with Gasteiger partial charge in [0.05, 0.1) is 0 Å². The molecule has 1 nitrogen and oxygen atoms in total. The minimum atomic E-state index is -2.45. The van der Waals surface area contributed by atoms with E-state index in [2.05, 4.69) is 6.92 Å². The topological polar surface area (TPSA) is 3.24 Å². The van der Waals surface area contributed by atoms with Gasteiger partial charge in [0, 0.05) is 0 Å². The summed E-state index contributed by atoms with van der Waals surface area (Å²) in [7, 11) is 6.00. The molecule has 0 aromatic rings. The molecule has 4 atom stereocenters. The fourth-order valence-corrected chi connectivity index (χ4v) is 92.6. The summed E-state index contributed by atoms with van der Waals surface area (Å²) in [5.41, 5.74) is 0. The first-order chi connectivity index (χ1) is 7.28. The molecule has 0 bridgehead atoms. The second-order valence-corrected chi connectivity index (χ2v) is 35.2. The summed E-state index contributed by atoms with van der Waals surface area (Å²) < 4.78 is 1.19. The van der Waals surface area contributed by atoms with Crippen LogP contribution in [0.25, 0.3) is 0 Å². The van der Waals surface area contributed by atoms with Crippen LogP contribution in [0.15, 0.2) is 0 Å². The maximum absolute atomic E-state index is 2.82. The molecule has 0 saturated carbocycles. The van der Waals surface area contributed by atoms with Crippen molar-refractivity contribution in [2.24, 2.45) is 0 Å². The zero-order valence-corrected chi connectivity index (χ0v) is 11.6. The van der Waals surface area contributed by atoms with Gasteiger partial charge < -0.3 is 4.90 Å². The van der Waals surface area contributed by atoms with Crippen LogP contribution in [0.4, 0.5) is 0 Å². The van der Waals surface area contributed by atoms with E-state index in [4.69, 9.17) is 0 Å². The van der Waals surface area contributed by atoms with E-state index in [0.717, 1.165) is 0 Å². The molecule has 0 amide bonds. The van der Waals surface area contributed by atoms with Crippen LogP contribution in [0.5, 0.6) is 0 Å². The SMILES string of the molecule is CN(C)C.C[C]12[CH]3[CH]4[CH]5[CH]1[Fe]45321678[CH]2[CH]1[CH]6[CH]7[CH]28. The number of nitrogens with zero attached hydrogens (tertiary/aromatic N) is 1. The van der Waals surface area contributed by atoms with E-state index < -0.39 is 6.51 Å². The summed E-state index contributed by atoms with van der Waals surface area (Å²) in [4.78, 5) is 16.0. The first-order valence-electron chi connectivity index (χ1n) is 7.10. The van der Waals surface area contributed by atoms with Crippen molar-refractivity contribution in [2.45, 2.75) is 54.6 Å². The van der Waals surface area contributed by atoms with E-state index in [0.29, 0.717) is 0 Å². The Morgan fingerprint density at radius 1 is 0.750 bits per heavy atom. The van der Waals surface area contributed by atoms with Gasteiger partial charge in [-0.25, -0.2) is 0 Å². The Kier molecular flexibility index (Phi) is 0.201. The summed E-state index contributed by atoms with van der Waals surface area (Å²) in [6.45, 7) is 0.365. The van der Waals surface area contributed by atoms with Crippen LogP contribution >= 0.6 is 0 Å². The van der Waals surface area contributed by atoms with Gasteiger partial charge in [-0.15, -0.1) is 0 Å². The summed E-state index contributed by atoms with van der Waals surface area (Å²) in [6, 6.07) is 0. The molecule has 1 spiro atoms. The van der Waals surface area contributed by atoms with Crippen molar-refractivity contribution in [3.05, 3.63) is 0 Å². The molecule has 10 aliphatic heterocycles. The molecule has 4 unspecified atom stereocenters. The van der Waals surface area contributed by atoms with Crippen molar-refractivity contribution < 1.29 is 6.51 Å². The van der Waals surface area contributed by atoms with Crippen molar-refractivity contribution >= 4 is 0 Å². The number of fused-ring (bicyclic) bond motifs is 10. The van der Waals surface area contributed by atoms with Gasteiger partial charge in [-0.2, -0.15) is 0 Å². The van der Waals surface area contributed by atoms with Crippen LogP contribution in [0.1, 0.15) is 6.92 Å². The second kappa shape index (κ2) is 0.489. The number of hydrogen-bond acceptors (Lipinski definition) is 1. The Balaban J connectivity index is 0.000000132. The molecule has 90 valence electrons. The fraction of sp³-hybridized carbons (Fsp3) is 1.00. The van der Waals surface area contributed by atoms with Gasteiger partial charge in [-0.3, -0.25) is 0 Å². The van der Waals surface area contributed by atoms with E-state index >= 15 is 0 Å². The Labute approximate surface area is 87.2 Å². The summed E-state index contributed by atoms with van der Waals surface area (Å²) in [5.74, 6) is 0. The normalized spacial score (nSPS) is 125. The van der Waals surface area contributed by atoms with Crippen molar-refractivity contribution in [3.63, 3.8) is 0 Å². The quantitative estimate of drug-likeness (QED) is 0.595. The first kappa shape index (κ1) is 6.59. The molecular weight excluding hydrogens is 238 g/mol. The van der Waals surface area contributed by atoms with Gasteiger partial charge in [0.25, 0.3) is 0 Å². The number of hydrogen-bond donors (Lipinski definition) is 0. The van der Waals surface area contributed by atoms with Crippen LogP contribution < -0.4 is 0 Å². The summed E-state index contributed by atoms with van der Waals surface area (Å²) in [6.07, 6.45) is 0. The van der Waals surface area contributed by atoms with Crippen LogP contribution in [0.2, 0.25) is 47.7 Å². The molecular formula is C14H21FeN. The van der Waals surface area contributed by atoms with Crippen LogP contribution in [0.3, 0.4) is 0 Å². The fourth-order valence-electron chi connectivity index (χ4n) is 17.3. The minimum absolute atomic E-state index is 1.19. The average Bonchev–Trinajstić information content (AvgIpc) is 3.10. The third-order valence-corrected chi connectivity index (χ3v) is 59.2. The molecule has 0 aliphatic carbocycles. The molecule has 0 N–H and O–H groups in total. The molecule has 10 heterocycles. The zero-order chi connectivity index (χ0) is 10.6. The Bertz CT molecular complexity index is 797. The van der Waals surface area contributed by atoms with Crippen LogP contribution in [0, 0.1) is 0 Å². The number of rotatable bonds is 0. The van der Waals surface area contributed by atoms with Gasteiger partial charge >= 0.3 is 61.1 Å². The molecule has 2 heteroatoms. The van der Waals surface area contributed by atoms with Gasteiger partial charge in [0.2, 0.25) is 0 Å². The third-order valence-electron chi connectivity index (χ3n) is 15.4. The molecule has 16 heavy (non-hydrogen) atoms. The molecule has 10 rings (SSSR count).